The summed E-state index contributed by atoms with van der Waals surface area (Å²) in [5.74, 6) is 0.913. The number of fused-ring (bicyclic) bond motifs is 1. The highest BCUT2D eigenvalue weighted by atomic mass is 32.1. The van der Waals surface area contributed by atoms with Crippen molar-refractivity contribution in [3.63, 3.8) is 0 Å². The normalized spacial score (nSPS) is 11.5. The first-order valence-electron chi connectivity index (χ1n) is 9.33. The van der Waals surface area contributed by atoms with E-state index in [9.17, 15) is 0 Å². The van der Waals surface area contributed by atoms with Gasteiger partial charge in [-0.15, -0.1) is 10.2 Å². The number of benzene rings is 2. The van der Waals surface area contributed by atoms with Crippen LogP contribution in [0, 0.1) is 0 Å². The molecular formula is C21H23N5S. The molecule has 5 nitrogen and oxygen atoms in total. The third kappa shape index (κ3) is 3.91. The highest BCUT2D eigenvalue weighted by molar-refractivity contribution is 7.16. The molecule has 0 spiro atoms. The van der Waals surface area contributed by atoms with Gasteiger partial charge in [-0.05, 0) is 29.8 Å². The predicted molar refractivity (Wildman–Crippen MR) is 110 cm³/mol. The Hall–Kier alpha value is -2.57. The molecule has 2 heterocycles. The van der Waals surface area contributed by atoms with Gasteiger partial charge in [-0.1, -0.05) is 79.8 Å². The maximum absolute atomic E-state index is 4.75. The lowest BCUT2D eigenvalue weighted by Gasteiger charge is -2.15. The maximum Gasteiger partial charge on any atom is 0.234 e. The van der Waals surface area contributed by atoms with Gasteiger partial charge in [-0.25, -0.2) is 0 Å². The molecule has 2 aromatic heterocycles. The summed E-state index contributed by atoms with van der Waals surface area (Å²) in [4.78, 5) is 3.19. The fraction of sp³-hybridized carbons (Fsp3) is 0.286. The van der Waals surface area contributed by atoms with Crippen LogP contribution in [0.25, 0.3) is 16.1 Å². The summed E-state index contributed by atoms with van der Waals surface area (Å²) in [6.07, 6.45) is 0.813. The molecule has 0 saturated carbocycles. The molecule has 27 heavy (non-hydrogen) atoms. The molecule has 0 unspecified atom stereocenters. The number of hydrogen-bond donors (Lipinski definition) is 0. The molecule has 0 aliphatic heterocycles. The monoisotopic (exact) mass is 377 g/mol. The van der Waals surface area contributed by atoms with Crippen LogP contribution < -0.4 is 0 Å². The van der Waals surface area contributed by atoms with E-state index in [0.717, 1.165) is 41.8 Å². The first kappa shape index (κ1) is 17.8. The second kappa shape index (κ2) is 7.98. The first-order chi connectivity index (χ1) is 13.3. The molecule has 0 amide bonds. The summed E-state index contributed by atoms with van der Waals surface area (Å²) in [6.45, 7) is 7.09. The van der Waals surface area contributed by atoms with Gasteiger partial charge in [-0.3, -0.25) is 4.90 Å². The summed E-state index contributed by atoms with van der Waals surface area (Å²) in [5.41, 5.74) is 3.73. The number of aromatic nitrogens is 4. The van der Waals surface area contributed by atoms with E-state index < -0.39 is 0 Å². The van der Waals surface area contributed by atoms with Crippen LogP contribution in [0.4, 0.5) is 0 Å². The van der Waals surface area contributed by atoms with Crippen molar-refractivity contribution in [3.8, 4) is 11.1 Å². The third-order valence-corrected chi connectivity index (χ3v) is 5.67. The minimum absolute atomic E-state index is 0.781. The van der Waals surface area contributed by atoms with Crippen molar-refractivity contribution in [2.75, 3.05) is 13.1 Å². The minimum atomic E-state index is 0.781. The van der Waals surface area contributed by atoms with Crippen molar-refractivity contribution in [3.05, 3.63) is 71.0 Å². The Kier molecular flexibility index (Phi) is 5.27. The zero-order valence-electron chi connectivity index (χ0n) is 15.7. The highest BCUT2D eigenvalue weighted by Crippen LogP contribution is 2.22. The van der Waals surface area contributed by atoms with Crippen molar-refractivity contribution < 1.29 is 0 Å². The van der Waals surface area contributed by atoms with Gasteiger partial charge in [0.15, 0.2) is 5.82 Å². The summed E-state index contributed by atoms with van der Waals surface area (Å²) >= 11 is 1.62. The highest BCUT2D eigenvalue weighted by Gasteiger charge is 2.14. The van der Waals surface area contributed by atoms with Crippen molar-refractivity contribution in [1.82, 2.24) is 24.7 Å². The Morgan fingerprint density at radius 3 is 2.30 bits per heavy atom. The molecule has 0 bridgehead atoms. The summed E-state index contributed by atoms with van der Waals surface area (Å²) in [7, 11) is 0. The molecule has 2 aromatic carbocycles. The summed E-state index contributed by atoms with van der Waals surface area (Å²) in [5, 5.41) is 14.4. The molecule has 0 saturated heterocycles. The predicted octanol–water partition coefficient (Wildman–Crippen LogP) is 4.29. The SMILES string of the molecule is CCN(CC)Cc1nnc2sc(Cc3ccc(-c4ccccc4)cc3)nn12. The Morgan fingerprint density at radius 1 is 0.889 bits per heavy atom. The van der Waals surface area contributed by atoms with E-state index in [1.807, 2.05) is 10.6 Å². The van der Waals surface area contributed by atoms with Gasteiger partial charge < -0.3 is 0 Å². The van der Waals surface area contributed by atoms with Crippen LogP contribution in [0.15, 0.2) is 54.6 Å². The fourth-order valence-corrected chi connectivity index (χ4v) is 4.02. The summed E-state index contributed by atoms with van der Waals surface area (Å²) in [6, 6.07) is 19.2. The lowest BCUT2D eigenvalue weighted by Crippen LogP contribution is -2.23. The molecule has 0 aliphatic rings. The van der Waals surface area contributed by atoms with Crippen LogP contribution >= 0.6 is 11.3 Å². The van der Waals surface area contributed by atoms with Crippen LogP contribution in [-0.4, -0.2) is 37.8 Å². The molecule has 138 valence electrons. The minimum Gasteiger partial charge on any atom is -0.296 e. The van der Waals surface area contributed by atoms with Crippen LogP contribution in [0.3, 0.4) is 0 Å². The van der Waals surface area contributed by atoms with Crippen molar-refractivity contribution in [2.45, 2.75) is 26.8 Å². The smallest absolute Gasteiger partial charge is 0.234 e. The number of hydrogen-bond acceptors (Lipinski definition) is 5. The largest absolute Gasteiger partial charge is 0.296 e. The quantitative estimate of drug-likeness (QED) is 0.482. The van der Waals surface area contributed by atoms with Gasteiger partial charge in [0, 0.05) is 6.42 Å². The number of nitrogens with zero attached hydrogens (tertiary/aromatic N) is 5. The second-order valence-electron chi connectivity index (χ2n) is 6.51. The van der Waals surface area contributed by atoms with Crippen molar-refractivity contribution >= 4 is 16.3 Å². The van der Waals surface area contributed by atoms with Gasteiger partial charge >= 0.3 is 0 Å². The summed E-state index contributed by atoms with van der Waals surface area (Å²) < 4.78 is 1.90. The Labute approximate surface area is 163 Å². The van der Waals surface area contributed by atoms with Gasteiger partial charge in [0.05, 0.1) is 6.54 Å². The van der Waals surface area contributed by atoms with Crippen LogP contribution in [0.5, 0.6) is 0 Å². The van der Waals surface area contributed by atoms with E-state index in [1.54, 1.807) is 11.3 Å². The first-order valence-corrected chi connectivity index (χ1v) is 10.1. The maximum atomic E-state index is 4.75. The van der Waals surface area contributed by atoms with Crippen LogP contribution in [-0.2, 0) is 13.0 Å². The van der Waals surface area contributed by atoms with Crippen molar-refractivity contribution in [2.24, 2.45) is 0 Å². The van der Waals surface area contributed by atoms with Crippen molar-refractivity contribution in [1.29, 1.82) is 0 Å². The lowest BCUT2D eigenvalue weighted by molar-refractivity contribution is 0.286. The van der Waals surface area contributed by atoms with E-state index in [0.29, 0.717) is 0 Å². The molecule has 0 radical (unpaired) electrons. The van der Waals surface area contributed by atoms with Gasteiger partial charge in [0.1, 0.15) is 5.01 Å². The standard InChI is InChI=1S/C21H23N5S/c1-3-25(4-2)15-19-22-23-21-26(19)24-20(27-21)14-16-10-12-18(13-11-16)17-8-6-5-7-9-17/h5-13H,3-4,14-15H2,1-2H3. The average Bonchev–Trinajstić information content (AvgIpc) is 3.28. The van der Waals surface area contributed by atoms with Crippen LogP contribution in [0.2, 0.25) is 0 Å². The molecular weight excluding hydrogens is 354 g/mol. The van der Waals surface area contributed by atoms with Crippen LogP contribution in [0.1, 0.15) is 30.2 Å². The molecule has 4 aromatic rings. The molecule has 4 rings (SSSR count). The second-order valence-corrected chi connectivity index (χ2v) is 7.55. The fourth-order valence-electron chi connectivity index (χ4n) is 3.13. The third-order valence-electron chi connectivity index (χ3n) is 4.77. The zero-order valence-corrected chi connectivity index (χ0v) is 16.5. The zero-order chi connectivity index (χ0) is 18.6. The number of rotatable bonds is 7. The van der Waals surface area contributed by atoms with Gasteiger partial charge in [-0.2, -0.15) is 9.61 Å². The molecule has 0 aliphatic carbocycles. The molecule has 0 N–H and O–H groups in total. The van der Waals surface area contributed by atoms with Gasteiger partial charge in [0.25, 0.3) is 0 Å². The molecule has 0 fully saturated rings. The van der Waals surface area contributed by atoms with E-state index in [4.69, 9.17) is 5.10 Å². The molecule has 6 heteroatoms. The Balaban J connectivity index is 1.51. The van der Waals surface area contributed by atoms with E-state index in [2.05, 4.69) is 77.5 Å². The Morgan fingerprint density at radius 2 is 1.59 bits per heavy atom. The topological polar surface area (TPSA) is 46.3 Å². The molecule has 0 atom stereocenters. The van der Waals surface area contributed by atoms with E-state index in [1.165, 1.54) is 16.7 Å². The van der Waals surface area contributed by atoms with E-state index in [-0.39, 0.29) is 0 Å². The lowest BCUT2D eigenvalue weighted by atomic mass is 10.0. The average molecular weight is 378 g/mol. The van der Waals surface area contributed by atoms with Gasteiger partial charge in [0.2, 0.25) is 4.96 Å². The Bertz CT molecular complexity index is 1000. The van der Waals surface area contributed by atoms with E-state index >= 15 is 0 Å².